The highest BCUT2D eigenvalue weighted by atomic mass is 32.2. The van der Waals surface area contributed by atoms with Gasteiger partial charge in [0, 0.05) is 56.4 Å². The maximum Gasteiger partial charge on any atom is 0.248 e. The summed E-state index contributed by atoms with van der Waals surface area (Å²) in [6.07, 6.45) is 3.82. The third kappa shape index (κ3) is 5.69. The van der Waals surface area contributed by atoms with Crippen LogP contribution in [0.2, 0.25) is 0 Å². The van der Waals surface area contributed by atoms with Gasteiger partial charge >= 0.3 is 0 Å². The molecule has 2 aliphatic rings. The van der Waals surface area contributed by atoms with Crippen molar-refractivity contribution in [3.63, 3.8) is 0 Å². The summed E-state index contributed by atoms with van der Waals surface area (Å²) in [4.78, 5) is 17.6. The molecule has 0 spiro atoms. The van der Waals surface area contributed by atoms with Crippen molar-refractivity contribution in [1.29, 1.82) is 0 Å². The molecule has 3 aromatic rings. The zero-order chi connectivity index (χ0) is 28.4. The molecule has 2 aliphatic heterocycles. The van der Waals surface area contributed by atoms with Gasteiger partial charge in [0.1, 0.15) is 11.5 Å². The van der Waals surface area contributed by atoms with Gasteiger partial charge in [-0.3, -0.25) is 4.79 Å². The van der Waals surface area contributed by atoms with E-state index in [1.807, 2.05) is 4.90 Å². The first-order valence-corrected chi connectivity index (χ1v) is 15.1. The SMILES string of the molecule is Cc1ccc(C)c(N2CCN(C(=O)C3CCN(S(=O)(=O)c4c(C)noc4C=Cc4ccccc4F)CC3)CC2)c1. The Morgan fingerprint density at radius 1 is 0.975 bits per heavy atom. The zero-order valence-electron chi connectivity index (χ0n) is 23.1. The number of rotatable bonds is 6. The van der Waals surface area contributed by atoms with Crippen molar-refractivity contribution in [3.05, 3.63) is 76.4 Å². The standard InChI is InChI=1S/C30H35FN4O4S/c1-21-8-9-22(2)27(20-21)33-16-18-34(19-17-33)30(36)25-12-14-35(15-13-25)40(37,38)29-23(3)32-39-28(29)11-10-24-6-4-5-7-26(24)31/h4-11,20,25H,12-19H2,1-3H3. The summed E-state index contributed by atoms with van der Waals surface area (Å²) < 4.78 is 47.9. The molecule has 0 saturated carbocycles. The highest BCUT2D eigenvalue weighted by Crippen LogP contribution is 2.30. The number of sulfonamides is 1. The van der Waals surface area contributed by atoms with Crippen LogP contribution in [0, 0.1) is 32.5 Å². The summed E-state index contributed by atoms with van der Waals surface area (Å²) in [6.45, 7) is 9.11. The van der Waals surface area contributed by atoms with E-state index in [4.69, 9.17) is 4.52 Å². The van der Waals surface area contributed by atoms with Crippen LogP contribution in [0.3, 0.4) is 0 Å². The Balaban J connectivity index is 1.21. The number of amides is 1. The predicted molar refractivity (Wildman–Crippen MR) is 153 cm³/mol. The Labute approximate surface area is 235 Å². The van der Waals surface area contributed by atoms with Crippen molar-refractivity contribution in [1.82, 2.24) is 14.4 Å². The highest BCUT2D eigenvalue weighted by molar-refractivity contribution is 7.89. The Hall–Kier alpha value is -3.50. The van der Waals surface area contributed by atoms with E-state index in [2.05, 4.69) is 42.1 Å². The molecule has 0 bridgehead atoms. The number of anilines is 1. The molecule has 0 N–H and O–H groups in total. The number of aromatic nitrogens is 1. The van der Waals surface area contributed by atoms with Gasteiger partial charge < -0.3 is 14.3 Å². The minimum absolute atomic E-state index is 0.0209. The fourth-order valence-electron chi connectivity index (χ4n) is 5.53. The molecule has 0 radical (unpaired) electrons. The number of hydrogen-bond acceptors (Lipinski definition) is 6. The van der Waals surface area contributed by atoms with E-state index >= 15 is 0 Å². The van der Waals surface area contributed by atoms with Crippen LogP contribution < -0.4 is 4.90 Å². The second-order valence-electron chi connectivity index (χ2n) is 10.6. The van der Waals surface area contributed by atoms with Crippen LogP contribution in [0.5, 0.6) is 0 Å². The fraction of sp³-hybridized carbons (Fsp3) is 0.400. The average Bonchev–Trinajstić information content (AvgIpc) is 3.34. The van der Waals surface area contributed by atoms with Gasteiger partial charge in [-0.05, 0) is 69.0 Å². The number of piperidine rings is 1. The van der Waals surface area contributed by atoms with Crippen molar-refractivity contribution in [3.8, 4) is 0 Å². The number of hydrogen-bond donors (Lipinski definition) is 0. The number of piperazine rings is 1. The molecule has 5 rings (SSSR count). The lowest BCUT2D eigenvalue weighted by atomic mass is 9.96. The van der Waals surface area contributed by atoms with Crippen LogP contribution in [0.4, 0.5) is 10.1 Å². The van der Waals surface area contributed by atoms with E-state index in [-0.39, 0.29) is 41.3 Å². The summed E-state index contributed by atoms with van der Waals surface area (Å²) in [6, 6.07) is 12.6. The van der Waals surface area contributed by atoms with Crippen molar-refractivity contribution in [2.45, 2.75) is 38.5 Å². The largest absolute Gasteiger partial charge is 0.368 e. The molecule has 1 aromatic heterocycles. The van der Waals surface area contributed by atoms with Crippen LogP contribution in [-0.2, 0) is 14.8 Å². The van der Waals surface area contributed by atoms with Crippen LogP contribution in [-0.4, -0.2) is 68.0 Å². The zero-order valence-corrected chi connectivity index (χ0v) is 24.0. The van der Waals surface area contributed by atoms with Crippen LogP contribution >= 0.6 is 0 Å². The van der Waals surface area contributed by atoms with Gasteiger partial charge in [-0.2, -0.15) is 4.31 Å². The van der Waals surface area contributed by atoms with Crippen molar-refractivity contribution in [2.75, 3.05) is 44.2 Å². The molecule has 2 fully saturated rings. The first-order valence-electron chi connectivity index (χ1n) is 13.6. The lowest BCUT2D eigenvalue weighted by Crippen LogP contribution is -2.52. The number of benzene rings is 2. The molecule has 0 aliphatic carbocycles. The molecule has 1 amide bonds. The molecular weight excluding hydrogens is 531 g/mol. The monoisotopic (exact) mass is 566 g/mol. The molecule has 212 valence electrons. The van der Waals surface area contributed by atoms with Gasteiger partial charge in [-0.25, -0.2) is 12.8 Å². The first kappa shape index (κ1) is 28.0. The molecule has 2 aromatic carbocycles. The summed E-state index contributed by atoms with van der Waals surface area (Å²) in [5, 5.41) is 3.86. The van der Waals surface area contributed by atoms with E-state index in [1.165, 1.54) is 39.3 Å². The van der Waals surface area contributed by atoms with Crippen LogP contribution in [0.15, 0.2) is 51.9 Å². The van der Waals surface area contributed by atoms with Crippen LogP contribution in [0.25, 0.3) is 12.2 Å². The van der Waals surface area contributed by atoms with Crippen molar-refractivity contribution in [2.24, 2.45) is 5.92 Å². The highest BCUT2D eigenvalue weighted by Gasteiger charge is 2.37. The van der Waals surface area contributed by atoms with Gasteiger partial charge in [0.05, 0.1) is 0 Å². The second kappa shape index (κ2) is 11.5. The first-order chi connectivity index (χ1) is 19.1. The maximum atomic E-state index is 14.0. The number of nitrogens with zero attached hydrogens (tertiary/aromatic N) is 4. The quantitative estimate of drug-likeness (QED) is 0.432. The van der Waals surface area contributed by atoms with E-state index in [9.17, 15) is 17.6 Å². The molecule has 0 unspecified atom stereocenters. The Bertz CT molecular complexity index is 1520. The van der Waals surface area contributed by atoms with Crippen molar-refractivity contribution < 1.29 is 22.1 Å². The lowest BCUT2D eigenvalue weighted by Gasteiger charge is -2.39. The summed E-state index contributed by atoms with van der Waals surface area (Å²) >= 11 is 0. The van der Waals surface area contributed by atoms with E-state index < -0.39 is 15.8 Å². The number of halogens is 1. The molecule has 40 heavy (non-hydrogen) atoms. The normalized spacial score (nSPS) is 17.6. The third-order valence-electron chi connectivity index (χ3n) is 7.85. The summed E-state index contributed by atoms with van der Waals surface area (Å²) in [5.74, 6) is -0.464. The molecule has 8 nitrogen and oxygen atoms in total. The molecular formula is C30H35FN4O4S. The minimum Gasteiger partial charge on any atom is -0.368 e. The Morgan fingerprint density at radius 3 is 2.38 bits per heavy atom. The molecule has 3 heterocycles. The topological polar surface area (TPSA) is 87.0 Å². The molecule has 2 saturated heterocycles. The predicted octanol–water partition coefficient (Wildman–Crippen LogP) is 4.66. The fourth-order valence-corrected chi connectivity index (χ4v) is 7.25. The van der Waals surface area contributed by atoms with E-state index in [0.29, 0.717) is 31.5 Å². The van der Waals surface area contributed by atoms with Gasteiger partial charge in [-0.15, -0.1) is 0 Å². The summed E-state index contributed by atoms with van der Waals surface area (Å²) in [5.41, 5.74) is 4.23. The van der Waals surface area contributed by atoms with E-state index in [1.54, 1.807) is 25.1 Å². The Morgan fingerprint density at radius 2 is 1.68 bits per heavy atom. The molecule has 10 heteroatoms. The third-order valence-corrected chi connectivity index (χ3v) is 9.91. The van der Waals surface area contributed by atoms with Crippen molar-refractivity contribution >= 4 is 33.8 Å². The van der Waals surface area contributed by atoms with Gasteiger partial charge in [0.15, 0.2) is 10.7 Å². The van der Waals surface area contributed by atoms with Crippen LogP contribution in [0.1, 0.15) is 41.0 Å². The number of aryl methyl sites for hydroxylation is 3. The minimum atomic E-state index is -3.91. The smallest absolute Gasteiger partial charge is 0.248 e. The van der Waals surface area contributed by atoms with Gasteiger partial charge in [0.25, 0.3) is 0 Å². The average molecular weight is 567 g/mol. The Kier molecular flexibility index (Phi) is 8.09. The number of carbonyl (C=O) groups excluding carboxylic acids is 1. The summed E-state index contributed by atoms with van der Waals surface area (Å²) in [7, 11) is -3.91. The second-order valence-corrected chi connectivity index (χ2v) is 12.5. The lowest BCUT2D eigenvalue weighted by molar-refractivity contribution is -0.137. The van der Waals surface area contributed by atoms with Gasteiger partial charge in [-0.1, -0.05) is 35.5 Å². The van der Waals surface area contributed by atoms with Gasteiger partial charge in [0.2, 0.25) is 15.9 Å². The molecule has 0 atom stereocenters. The maximum absolute atomic E-state index is 14.0. The van der Waals surface area contributed by atoms with E-state index in [0.717, 1.165) is 13.1 Å². The number of carbonyl (C=O) groups is 1.